The van der Waals surface area contributed by atoms with Gasteiger partial charge in [0, 0.05) is 13.0 Å². The first-order valence-corrected chi connectivity index (χ1v) is 5.46. The average molecular weight is 208 g/mol. The van der Waals surface area contributed by atoms with Crippen LogP contribution in [0.3, 0.4) is 0 Å². The van der Waals surface area contributed by atoms with Crippen LogP contribution in [0.4, 0.5) is 0 Å². The van der Waals surface area contributed by atoms with E-state index in [9.17, 15) is 4.79 Å². The maximum atomic E-state index is 11.9. The van der Waals surface area contributed by atoms with Crippen molar-refractivity contribution in [2.24, 2.45) is 5.92 Å². The van der Waals surface area contributed by atoms with Gasteiger partial charge >= 0.3 is 0 Å². The molecule has 2 rings (SSSR count). The lowest BCUT2D eigenvalue weighted by Gasteiger charge is -2.14. The zero-order chi connectivity index (χ0) is 10.7. The van der Waals surface area contributed by atoms with Crippen molar-refractivity contribution in [2.75, 3.05) is 6.61 Å². The van der Waals surface area contributed by atoms with Gasteiger partial charge in [-0.2, -0.15) is 0 Å². The maximum Gasteiger partial charge on any atom is 0.166 e. The standard InChI is InChI=1S/C12H16O3/c1-2-15-12(10-3-4-10)11(13)7-9-5-6-14-8-9/h5-6,8,10,12H,2-4,7H2,1H3. The molecule has 0 spiro atoms. The zero-order valence-corrected chi connectivity index (χ0v) is 8.94. The molecule has 1 atom stereocenters. The lowest BCUT2D eigenvalue weighted by Crippen LogP contribution is -2.28. The predicted molar refractivity (Wildman–Crippen MR) is 55.6 cm³/mol. The lowest BCUT2D eigenvalue weighted by molar-refractivity contribution is -0.130. The summed E-state index contributed by atoms with van der Waals surface area (Å²) in [7, 11) is 0. The Bertz CT molecular complexity index is 312. The smallest absolute Gasteiger partial charge is 0.166 e. The van der Waals surface area contributed by atoms with Crippen LogP contribution in [0.1, 0.15) is 25.3 Å². The highest BCUT2D eigenvalue weighted by Gasteiger charge is 2.36. The Kier molecular flexibility index (Phi) is 3.21. The molecule has 3 heteroatoms. The van der Waals surface area contributed by atoms with Crippen LogP contribution in [0.15, 0.2) is 23.0 Å². The molecule has 0 radical (unpaired) electrons. The van der Waals surface area contributed by atoms with E-state index in [1.165, 1.54) is 0 Å². The van der Waals surface area contributed by atoms with Gasteiger partial charge in [-0.05, 0) is 37.3 Å². The zero-order valence-electron chi connectivity index (χ0n) is 8.94. The van der Waals surface area contributed by atoms with E-state index in [2.05, 4.69) is 0 Å². The summed E-state index contributed by atoms with van der Waals surface area (Å²) in [5.74, 6) is 0.644. The molecule has 15 heavy (non-hydrogen) atoms. The van der Waals surface area contributed by atoms with E-state index in [-0.39, 0.29) is 11.9 Å². The van der Waals surface area contributed by atoms with Gasteiger partial charge in [0.25, 0.3) is 0 Å². The lowest BCUT2D eigenvalue weighted by atomic mass is 10.0. The van der Waals surface area contributed by atoms with Crippen molar-refractivity contribution in [1.29, 1.82) is 0 Å². The maximum absolute atomic E-state index is 11.9. The topological polar surface area (TPSA) is 39.4 Å². The highest BCUT2D eigenvalue weighted by Crippen LogP contribution is 2.35. The third-order valence-corrected chi connectivity index (χ3v) is 2.67. The second-order valence-corrected chi connectivity index (χ2v) is 3.99. The Balaban J connectivity index is 1.92. The molecule has 1 aliphatic carbocycles. The Morgan fingerprint density at radius 1 is 1.67 bits per heavy atom. The largest absolute Gasteiger partial charge is 0.472 e. The number of furan rings is 1. The number of ketones is 1. The molecule has 0 aromatic carbocycles. The molecule has 0 amide bonds. The van der Waals surface area contributed by atoms with Crippen LogP contribution in [-0.2, 0) is 16.0 Å². The van der Waals surface area contributed by atoms with Crippen LogP contribution in [0, 0.1) is 5.92 Å². The van der Waals surface area contributed by atoms with Gasteiger partial charge in [-0.25, -0.2) is 0 Å². The van der Waals surface area contributed by atoms with E-state index in [0.29, 0.717) is 18.9 Å². The van der Waals surface area contributed by atoms with Crippen LogP contribution in [0.25, 0.3) is 0 Å². The molecule has 1 heterocycles. The number of hydrogen-bond donors (Lipinski definition) is 0. The fourth-order valence-corrected chi connectivity index (χ4v) is 1.77. The predicted octanol–water partition coefficient (Wildman–Crippen LogP) is 2.21. The molecule has 0 aliphatic heterocycles. The number of carbonyl (C=O) groups is 1. The van der Waals surface area contributed by atoms with Gasteiger partial charge in [-0.15, -0.1) is 0 Å². The molecular weight excluding hydrogens is 192 g/mol. The summed E-state index contributed by atoms with van der Waals surface area (Å²) in [6, 6.07) is 1.83. The number of ether oxygens (including phenoxy) is 1. The Hall–Kier alpha value is -1.09. The quantitative estimate of drug-likeness (QED) is 0.719. The molecule has 1 aromatic rings. The van der Waals surface area contributed by atoms with Crippen molar-refractivity contribution < 1.29 is 13.9 Å². The highest BCUT2D eigenvalue weighted by molar-refractivity contribution is 5.85. The Labute approximate surface area is 89.4 Å². The van der Waals surface area contributed by atoms with Gasteiger partial charge in [-0.1, -0.05) is 0 Å². The summed E-state index contributed by atoms with van der Waals surface area (Å²) < 4.78 is 10.4. The second kappa shape index (κ2) is 4.62. The van der Waals surface area contributed by atoms with E-state index in [1.807, 2.05) is 13.0 Å². The van der Waals surface area contributed by atoms with E-state index in [1.54, 1.807) is 12.5 Å². The van der Waals surface area contributed by atoms with Crippen LogP contribution < -0.4 is 0 Å². The second-order valence-electron chi connectivity index (χ2n) is 3.99. The molecule has 82 valence electrons. The minimum absolute atomic E-state index is 0.181. The fourth-order valence-electron chi connectivity index (χ4n) is 1.77. The minimum Gasteiger partial charge on any atom is -0.472 e. The van der Waals surface area contributed by atoms with Crippen molar-refractivity contribution in [3.8, 4) is 0 Å². The van der Waals surface area contributed by atoms with Crippen molar-refractivity contribution in [2.45, 2.75) is 32.3 Å². The summed E-state index contributed by atoms with van der Waals surface area (Å²) in [6.07, 6.45) is 5.70. The summed E-state index contributed by atoms with van der Waals surface area (Å²) in [5, 5.41) is 0. The first kappa shape index (κ1) is 10.4. The third-order valence-electron chi connectivity index (χ3n) is 2.67. The van der Waals surface area contributed by atoms with Crippen LogP contribution in [0.5, 0.6) is 0 Å². The first-order chi connectivity index (χ1) is 7.31. The summed E-state index contributed by atoms with van der Waals surface area (Å²) in [5.41, 5.74) is 0.936. The molecule has 1 fully saturated rings. The van der Waals surface area contributed by atoms with Gasteiger partial charge in [0.2, 0.25) is 0 Å². The summed E-state index contributed by atoms with van der Waals surface area (Å²) in [4.78, 5) is 11.9. The molecule has 1 saturated carbocycles. The molecular formula is C12H16O3. The van der Waals surface area contributed by atoms with Crippen molar-refractivity contribution in [3.05, 3.63) is 24.2 Å². The Morgan fingerprint density at radius 2 is 2.47 bits per heavy atom. The monoisotopic (exact) mass is 208 g/mol. The first-order valence-electron chi connectivity index (χ1n) is 5.46. The number of hydrogen-bond acceptors (Lipinski definition) is 3. The third kappa shape index (κ3) is 2.69. The average Bonchev–Trinajstić information content (AvgIpc) is 2.93. The normalized spacial score (nSPS) is 17.7. The molecule has 3 nitrogen and oxygen atoms in total. The van der Waals surface area contributed by atoms with E-state index in [4.69, 9.17) is 9.15 Å². The fraction of sp³-hybridized carbons (Fsp3) is 0.583. The van der Waals surface area contributed by atoms with E-state index < -0.39 is 0 Å². The number of carbonyl (C=O) groups excluding carboxylic acids is 1. The molecule has 1 aromatic heterocycles. The summed E-state index contributed by atoms with van der Waals surface area (Å²) in [6.45, 7) is 2.54. The molecule has 0 N–H and O–H groups in total. The molecule has 1 unspecified atom stereocenters. The SMILES string of the molecule is CCOC(C(=O)Cc1ccoc1)C1CC1. The van der Waals surface area contributed by atoms with Gasteiger partial charge in [0.15, 0.2) is 5.78 Å². The van der Waals surface area contributed by atoms with Gasteiger partial charge in [-0.3, -0.25) is 4.79 Å². The molecule has 1 aliphatic rings. The van der Waals surface area contributed by atoms with Gasteiger partial charge in [0.05, 0.1) is 12.5 Å². The van der Waals surface area contributed by atoms with Crippen molar-refractivity contribution in [3.63, 3.8) is 0 Å². The van der Waals surface area contributed by atoms with E-state index >= 15 is 0 Å². The highest BCUT2D eigenvalue weighted by atomic mass is 16.5. The van der Waals surface area contributed by atoms with Crippen LogP contribution in [-0.4, -0.2) is 18.5 Å². The van der Waals surface area contributed by atoms with Crippen LogP contribution >= 0.6 is 0 Å². The van der Waals surface area contributed by atoms with Gasteiger partial charge < -0.3 is 9.15 Å². The van der Waals surface area contributed by atoms with Crippen molar-refractivity contribution in [1.82, 2.24) is 0 Å². The number of Topliss-reactive ketones (excluding diaryl/α,β-unsaturated/α-hetero) is 1. The van der Waals surface area contributed by atoms with Gasteiger partial charge in [0.1, 0.15) is 6.10 Å². The molecule has 0 saturated heterocycles. The molecule has 0 bridgehead atoms. The van der Waals surface area contributed by atoms with Crippen molar-refractivity contribution >= 4 is 5.78 Å². The Morgan fingerprint density at radius 3 is 3.00 bits per heavy atom. The minimum atomic E-state index is -0.190. The summed E-state index contributed by atoms with van der Waals surface area (Å²) >= 11 is 0. The van der Waals surface area contributed by atoms with E-state index in [0.717, 1.165) is 18.4 Å². The van der Waals surface area contributed by atoms with Crippen LogP contribution in [0.2, 0.25) is 0 Å². The number of rotatable bonds is 6.